The molecule has 1 saturated heterocycles. The molecule has 0 aromatic heterocycles. The Balaban J connectivity index is 2.20. The molecule has 3 nitrogen and oxygen atoms in total. The van der Waals surface area contributed by atoms with Crippen molar-refractivity contribution in [1.29, 1.82) is 0 Å². The lowest BCUT2D eigenvalue weighted by Gasteiger charge is -2.10. The average Bonchev–Trinajstić information content (AvgIpc) is 2.83. The largest absolute Gasteiger partial charge is 0.395 e. The summed E-state index contributed by atoms with van der Waals surface area (Å²) in [5.74, 6) is 5.93. The Morgan fingerprint density at radius 1 is 1.25 bits per heavy atom. The summed E-state index contributed by atoms with van der Waals surface area (Å²) in [7, 11) is 0. The number of rotatable bonds is 2. The SMILES string of the molecule is OCCC#Cc1ccccc1C1OCCO1. The van der Waals surface area contributed by atoms with Crippen LogP contribution in [0.5, 0.6) is 0 Å². The minimum atomic E-state index is -0.292. The molecule has 3 heteroatoms. The molecule has 0 saturated carbocycles. The third-order valence-electron chi connectivity index (χ3n) is 2.30. The highest BCUT2D eigenvalue weighted by molar-refractivity contribution is 5.42. The molecule has 0 bridgehead atoms. The van der Waals surface area contributed by atoms with Gasteiger partial charge in [0, 0.05) is 17.5 Å². The molecular formula is C13H14O3. The lowest BCUT2D eigenvalue weighted by molar-refractivity contribution is -0.0442. The smallest absolute Gasteiger partial charge is 0.185 e. The fourth-order valence-electron chi connectivity index (χ4n) is 1.57. The molecule has 1 aromatic rings. The highest BCUT2D eigenvalue weighted by Crippen LogP contribution is 2.25. The summed E-state index contributed by atoms with van der Waals surface area (Å²) in [6, 6.07) is 7.77. The van der Waals surface area contributed by atoms with Gasteiger partial charge in [-0.25, -0.2) is 0 Å². The number of hydrogen-bond acceptors (Lipinski definition) is 3. The quantitative estimate of drug-likeness (QED) is 0.764. The number of benzene rings is 1. The monoisotopic (exact) mass is 218 g/mol. The molecule has 16 heavy (non-hydrogen) atoms. The summed E-state index contributed by atoms with van der Waals surface area (Å²) in [5, 5.41) is 8.67. The molecule has 0 radical (unpaired) electrons. The summed E-state index contributed by atoms with van der Waals surface area (Å²) < 4.78 is 10.9. The van der Waals surface area contributed by atoms with Gasteiger partial charge in [-0.05, 0) is 6.07 Å². The van der Waals surface area contributed by atoms with E-state index in [1.54, 1.807) is 0 Å². The van der Waals surface area contributed by atoms with E-state index < -0.39 is 0 Å². The van der Waals surface area contributed by atoms with Crippen LogP contribution in [0.4, 0.5) is 0 Å². The van der Waals surface area contributed by atoms with E-state index in [-0.39, 0.29) is 12.9 Å². The fraction of sp³-hybridized carbons (Fsp3) is 0.385. The van der Waals surface area contributed by atoms with Gasteiger partial charge in [0.2, 0.25) is 0 Å². The van der Waals surface area contributed by atoms with Crippen LogP contribution < -0.4 is 0 Å². The molecule has 0 aliphatic carbocycles. The summed E-state index contributed by atoms with van der Waals surface area (Å²) in [6.45, 7) is 1.34. The molecule has 2 rings (SSSR count). The van der Waals surface area contributed by atoms with Crippen LogP contribution in [0.2, 0.25) is 0 Å². The van der Waals surface area contributed by atoms with E-state index in [0.29, 0.717) is 19.6 Å². The maximum Gasteiger partial charge on any atom is 0.185 e. The predicted molar refractivity (Wildman–Crippen MR) is 59.7 cm³/mol. The summed E-state index contributed by atoms with van der Waals surface area (Å²) in [4.78, 5) is 0. The zero-order valence-electron chi connectivity index (χ0n) is 8.98. The molecule has 0 unspecified atom stereocenters. The van der Waals surface area contributed by atoms with E-state index in [0.717, 1.165) is 11.1 Å². The van der Waals surface area contributed by atoms with Gasteiger partial charge in [0.1, 0.15) is 0 Å². The molecule has 1 heterocycles. The van der Waals surface area contributed by atoms with Gasteiger partial charge in [-0.2, -0.15) is 0 Å². The van der Waals surface area contributed by atoms with Crippen molar-refractivity contribution < 1.29 is 14.6 Å². The molecule has 1 aliphatic heterocycles. The summed E-state index contributed by atoms with van der Waals surface area (Å²) in [6.07, 6.45) is 0.195. The van der Waals surface area contributed by atoms with Gasteiger partial charge >= 0.3 is 0 Å². The molecule has 0 amide bonds. The minimum absolute atomic E-state index is 0.0889. The van der Waals surface area contributed by atoms with Crippen molar-refractivity contribution in [3.63, 3.8) is 0 Å². The van der Waals surface area contributed by atoms with Crippen LogP contribution in [-0.4, -0.2) is 24.9 Å². The van der Waals surface area contributed by atoms with Crippen LogP contribution in [-0.2, 0) is 9.47 Å². The Hall–Kier alpha value is -1.34. The van der Waals surface area contributed by atoms with Gasteiger partial charge in [-0.3, -0.25) is 0 Å². The average molecular weight is 218 g/mol. The molecule has 1 aliphatic rings. The molecule has 1 fully saturated rings. The second kappa shape index (κ2) is 5.66. The number of ether oxygens (including phenoxy) is 2. The van der Waals surface area contributed by atoms with Crippen molar-refractivity contribution in [2.45, 2.75) is 12.7 Å². The van der Waals surface area contributed by atoms with E-state index >= 15 is 0 Å². The van der Waals surface area contributed by atoms with Gasteiger partial charge in [0.15, 0.2) is 6.29 Å². The van der Waals surface area contributed by atoms with Crippen molar-refractivity contribution in [2.75, 3.05) is 19.8 Å². The lowest BCUT2D eigenvalue weighted by atomic mass is 10.1. The fourth-order valence-corrected chi connectivity index (χ4v) is 1.57. The molecule has 1 aromatic carbocycles. The number of hydrogen-bond donors (Lipinski definition) is 1. The Morgan fingerprint density at radius 3 is 2.75 bits per heavy atom. The van der Waals surface area contributed by atoms with E-state index in [4.69, 9.17) is 14.6 Å². The van der Waals surface area contributed by atoms with Gasteiger partial charge < -0.3 is 14.6 Å². The van der Waals surface area contributed by atoms with E-state index in [1.807, 2.05) is 24.3 Å². The van der Waals surface area contributed by atoms with Crippen LogP contribution in [0.1, 0.15) is 23.8 Å². The molecule has 0 atom stereocenters. The van der Waals surface area contributed by atoms with Crippen molar-refractivity contribution in [1.82, 2.24) is 0 Å². The van der Waals surface area contributed by atoms with Crippen molar-refractivity contribution in [2.24, 2.45) is 0 Å². The predicted octanol–water partition coefficient (Wildman–Crippen LogP) is 1.47. The minimum Gasteiger partial charge on any atom is -0.395 e. The van der Waals surface area contributed by atoms with Crippen molar-refractivity contribution in [3.8, 4) is 11.8 Å². The number of aliphatic hydroxyl groups excluding tert-OH is 1. The van der Waals surface area contributed by atoms with Crippen molar-refractivity contribution >= 4 is 0 Å². The third kappa shape index (κ3) is 2.61. The van der Waals surface area contributed by atoms with E-state index in [9.17, 15) is 0 Å². The topological polar surface area (TPSA) is 38.7 Å². The Morgan fingerprint density at radius 2 is 2.00 bits per heavy atom. The van der Waals surface area contributed by atoms with Gasteiger partial charge in [-0.15, -0.1) is 0 Å². The molecule has 0 spiro atoms. The second-order valence-corrected chi connectivity index (χ2v) is 3.44. The first-order valence-corrected chi connectivity index (χ1v) is 5.33. The number of aliphatic hydroxyl groups is 1. The highest BCUT2D eigenvalue weighted by atomic mass is 16.7. The van der Waals surface area contributed by atoms with Gasteiger partial charge in [0.25, 0.3) is 0 Å². The van der Waals surface area contributed by atoms with Crippen LogP contribution in [0.15, 0.2) is 24.3 Å². The molecular weight excluding hydrogens is 204 g/mol. The maximum atomic E-state index is 8.67. The van der Waals surface area contributed by atoms with E-state index in [1.165, 1.54) is 0 Å². The van der Waals surface area contributed by atoms with Crippen LogP contribution in [0, 0.1) is 11.8 Å². The maximum absolute atomic E-state index is 8.67. The Bertz CT molecular complexity index is 397. The second-order valence-electron chi connectivity index (χ2n) is 3.44. The summed E-state index contributed by atoms with van der Waals surface area (Å²) >= 11 is 0. The first-order chi connectivity index (χ1) is 7.92. The Kier molecular flexibility index (Phi) is 3.95. The Labute approximate surface area is 95.0 Å². The van der Waals surface area contributed by atoms with Crippen LogP contribution in [0.25, 0.3) is 0 Å². The normalized spacial score (nSPS) is 15.8. The highest BCUT2D eigenvalue weighted by Gasteiger charge is 2.20. The van der Waals surface area contributed by atoms with Crippen LogP contribution >= 0.6 is 0 Å². The first-order valence-electron chi connectivity index (χ1n) is 5.33. The van der Waals surface area contributed by atoms with E-state index in [2.05, 4.69) is 11.8 Å². The zero-order valence-corrected chi connectivity index (χ0v) is 8.98. The molecule has 84 valence electrons. The van der Waals surface area contributed by atoms with Gasteiger partial charge in [-0.1, -0.05) is 30.0 Å². The van der Waals surface area contributed by atoms with Gasteiger partial charge in [0.05, 0.1) is 19.8 Å². The third-order valence-corrected chi connectivity index (χ3v) is 2.30. The molecule has 1 N–H and O–H groups in total. The first kappa shape index (κ1) is 11.2. The van der Waals surface area contributed by atoms with Crippen LogP contribution in [0.3, 0.4) is 0 Å². The summed E-state index contributed by atoms with van der Waals surface area (Å²) in [5.41, 5.74) is 1.87. The lowest BCUT2D eigenvalue weighted by Crippen LogP contribution is -2.00. The van der Waals surface area contributed by atoms with Crippen molar-refractivity contribution in [3.05, 3.63) is 35.4 Å². The zero-order chi connectivity index (χ0) is 11.2. The standard InChI is InChI=1S/C13H14O3/c14-8-4-3-6-11-5-1-2-7-12(11)13-15-9-10-16-13/h1-2,5,7,13-14H,4,8-10H2.